The van der Waals surface area contributed by atoms with Gasteiger partial charge in [-0.15, -0.1) is 0 Å². The zero-order valence-corrected chi connectivity index (χ0v) is 15.1. The van der Waals surface area contributed by atoms with Crippen LogP contribution in [0, 0.1) is 17.4 Å². The first kappa shape index (κ1) is 16.9. The molecule has 3 rings (SSSR count). The Kier molecular flexibility index (Phi) is 5.67. The number of carbonyl (C=O) groups excluding carboxylic acids is 1. The molecule has 2 aliphatic carbocycles. The molecule has 2 aliphatic rings. The lowest BCUT2D eigenvalue weighted by Gasteiger charge is -2.32. The zero-order valence-electron chi connectivity index (χ0n) is 12.7. The Labute approximate surface area is 149 Å². The van der Waals surface area contributed by atoms with Crippen LogP contribution in [0.4, 0.5) is 5.13 Å². The summed E-state index contributed by atoms with van der Waals surface area (Å²) in [5.74, 6) is 0.522. The molecule has 8 heteroatoms. The van der Waals surface area contributed by atoms with E-state index in [1.807, 2.05) is 6.19 Å². The Morgan fingerprint density at radius 3 is 2.78 bits per heavy atom. The van der Waals surface area contributed by atoms with Crippen molar-refractivity contribution >= 4 is 45.9 Å². The second-order valence-electron chi connectivity index (χ2n) is 6.12. The average molecular weight is 371 g/mol. The van der Waals surface area contributed by atoms with Gasteiger partial charge in [0, 0.05) is 16.0 Å². The number of nitriles is 1. The fraction of sp³-hybridized carbons (Fsp3) is 0.667. The molecule has 0 spiro atoms. The second kappa shape index (κ2) is 7.73. The number of hydrogen-bond acceptors (Lipinski definition) is 6. The number of amides is 1. The summed E-state index contributed by atoms with van der Waals surface area (Å²) < 4.78 is 2.57. The number of hydrogen-bond donors (Lipinski definition) is 2. The van der Waals surface area contributed by atoms with Crippen LogP contribution < -0.4 is 10.0 Å². The number of anilines is 1. The maximum atomic E-state index is 12.2. The van der Waals surface area contributed by atoms with Crippen molar-refractivity contribution in [3.05, 3.63) is 10.0 Å². The second-order valence-corrected chi connectivity index (χ2v) is 8.62. The zero-order chi connectivity index (χ0) is 16.2. The van der Waals surface area contributed by atoms with E-state index in [-0.39, 0.29) is 11.8 Å². The molecule has 5 nitrogen and oxygen atoms in total. The summed E-state index contributed by atoms with van der Waals surface area (Å²) >= 11 is 9.19. The van der Waals surface area contributed by atoms with E-state index < -0.39 is 0 Å². The molecule has 1 aromatic rings. The van der Waals surface area contributed by atoms with Crippen molar-refractivity contribution in [3.63, 3.8) is 0 Å². The third-order valence-corrected chi connectivity index (χ3v) is 7.01. The van der Waals surface area contributed by atoms with Gasteiger partial charge in [-0.25, -0.2) is 4.98 Å². The van der Waals surface area contributed by atoms with E-state index in [9.17, 15) is 4.79 Å². The minimum Gasteiger partial charge on any atom is -0.302 e. The molecule has 124 valence electrons. The molecule has 0 unspecified atom stereocenters. The van der Waals surface area contributed by atoms with Gasteiger partial charge in [0.1, 0.15) is 5.15 Å². The third kappa shape index (κ3) is 4.11. The fourth-order valence-corrected chi connectivity index (χ4v) is 5.49. The highest BCUT2D eigenvalue weighted by molar-refractivity contribution is 7.98. The number of aromatic nitrogens is 1. The number of halogens is 1. The number of rotatable bonds is 5. The molecular weight excluding hydrogens is 352 g/mol. The molecule has 0 aromatic carbocycles. The maximum Gasteiger partial charge on any atom is 0.229 e. The van der Waals surface area contributed by atoms with Crippen LogP contribution in [0.25, 0.3) is 0 Å². The lowest BCUT2D eigenvalue weighted by atomic mass is 9.84. The summed E-state index contributed by atoms with van der Waals surface area (Å²) in [6, 6.07) is 0. The minimum atomic E-state index is 0.00815. The van der Waals surface area contributed by atoms with Gasteiger partial charge in [0.05, 0.1) is 0 Å². The SMILES string of the molecule is N#CNSC1CC(C(=O)Nc2nc(Cl)c(C3CCCCC3)s2)C1. The predicted octanol–water partition coefficient (Wildman–Crippen LogP) is 4.28. The monoisotopic (exact) mass is 370 g/mol. The molecule has 2 fully saturated rings. The standard InChI is InChI=1S/C15H19ClN4OS2/c16-13-12(9-4-2-1-3-5-9)22-15(19-13)20-14(21)10-6-11(7-10)23-18-8-17/h9-11,18H,1-7H2,(H,19,20,21). The quantitative estimate of drug-likeness (QED) is 0.459. The molecular formula is C15H19ClN4OS2. The molecule has 23 heavy (non-hydrogen) atoms. The van der Waals surface area contributed by atoms with E-state index in [0.717, 1.165) is 17.7 Å². The number of carbonyl (C=O) groups is 1. The summed E-state index contributed by atoms with van der Waals surface area (Å²) in [5, 5.41) is 12.9. The van der Waals surface area contributed by atoms with Gasteiger partial charge < -0.3 is 5.32 Å². The Morgan fingerprint density at radius 1 is 1.35 bits per heavy atom. The molecule has 2 saturated carbocycles. The highest BCUT2D eigenvalue weighted by Gasteiger charge is 2.35. The van der Waals surface area contributed by atoms with E-state index in [2.05, 4.69) is 15.0 Å². The lowest BCUT2D eigenvalue weighted by molar-refractivity contribution is -0.121. The van der Waals surface area contributed by atoms with Crippen LogP contribution in [-0.4, -0.2) is 16.1 Å². The van der Waals surface area contributed by atoms with Crippen molar-refractivity contribution in [1.82, 2.24) is 9.71 Å². The highest BCUT2D eigenvalue weighted by atomic mass is 35.5. The predicted molar refractivity (Wildman–Crippen MR) is 94.4 cm³/mol. The van der Waals surface area contributed by atoms with Crippen LogP contribution in [0.5, 0.6) is 0 Å². The highest BCUT2D eigenvalue weighted by Crippen LogP contribution is 2.41. The summed E-state index contributed by atoms with van der Waals surface area (Å²) in [5.41, 5.74) is 0. The Morgan fingerprint density at radius 2 is 2.09 bits per heavy atom. The smallest absolute Gasteiger partial charge is 0.229 e. The summed E-state index contributed by atoms with van der Waals surface area (Å²) in [6.07, 6.45) is 9.60. The van der Waals surface area contributed by atoms with Gasteiger partial charge >= 0.3 is 0 Å². The molecule has 0 aliphatic heterocycles. The van der Waals surface area contributed by atoms with Crippen molar-refractivity contribution in [2.45, 2.75) is 56.1 Å². The molecule has 0 atom stereocenters. The first-order valence-electron chi connectivity index (χ1n) is 7.94. The van der Waals surface area contributed by atoms with Gasteiger partial charge in [0.2, 0.25) is 5.91 Å². The van der Waals surface area contributed by atoms with E-state index in [0.29, 0.717) is 21.5 Å². The number of nitrogens with zero attached hydrogens (tertiary/aromatic N) is 2. The molecule has 1 heterocycles. The van der Waals surface area contributed by atoms with Crippen molar-refractivity contribution < 1.29 is 4.79 Å². The molecule has 0 saturated heterocycles. The lowest BCUT2D eigenvalue weighted by Crippen LogP contribution is -2.37. The van der Waals surface area contributed by atoms with Crippen LogP contribution in [-0.2, 0) is 4.79 Å². The van der Waals surface area contributed by atoms with E-state index in [1.54, 1.807) is 0 Å². The number of nitrogens with one attached hydrogen (secondary N) is 2. The molecule has 0 radical (unpaired) electrons. The summed E-state index contributed by atoms with van der Waals surface area (Å²) in [6.45, 7) is 0. The van der Waals surface area contributed by atoms with Gasteiger partial charge in [-0.05, 0) is 43.5 Å². The molecule has 0 bridgehead atoms. The van der Waals surface area contributed by atoms with Gasteiger partial charge in [-0.3, -0.25) is 9.52 Å². The number of thiazole rings is 1. The minimum absolute atomic E-state index is 0.00815. The van der Waals surface area contributed by atoms with Crippen molar-refractivity contribution in [2.24, 2.45) is 5.92 Å². The molecule has 1 aromatic heterocycles. The normalized spacial score (nSPS) is 24.5. The summed E-state index contributed by atoms with van der Waals surface area (Å²) in [7, 11) is 0. The first-order valence-corrected chi connectivity index (χ1v) is 10.0. The van der Waals surface area contributed by atoms with Crippen molar-refractivity contribution in [2.75, 3.05) is 5.32 Å². The van der Waals surface area contributed by atoms with E-state index in [4.69, 9.17) is 16.9 Å². The van der Waals surface area contributed by atoms with Crippen LogP contribution >= 0.6 is 34.9 Å². The largest absolute Gasteiger partial charge is 0.302 e. The average Bonchev–Trinajstić information content (AvgIpc) is 2.87. The van der Waals surface area contributed by atoms with Crippen LogP contribution in [0.15, 0.2) is 0 Å². The van der Waals surface area contributed by atoms with E-state index >= 15 is 0 Å². The van der Waals surface area contributed by atoms with Gasteiger partial charge in [0.15, 0.2) is 11.3 Å². The molecule has 1 amide bonds. The van der Waals surface area contributed by atoms with Crippen molar-refractivity contribution in [3.8, 4) is 6.19 Å². The first-order chi connectivity index (χ1) is 11.2. The Hall–Kier alpha value is -0.970. The fourth-order valence-electron chi connectivity index (χ4n) is 3.18. The van der Waals surface area contributed by atoms with Gasteiger partial charge in [-0.2, -0.15) is 5.26 Å². The summed E-state index contributed by atoms with van der Waals surface area (Å²) in [4.78, 5) is 17.7. The van der Waals surface area contributed by atoms with Crippen molar-refractivity contribution in [1.29, 1.82) is 5.26 Å². The topological polar surface area (TPSA) is 77.8 Å². The third-order valence-electron chi connectivity index (χ3n) is 4.55. The van der Waals surface area contributed by atoms with E-state index in [1.165, 1.54) is 55.4 Å². The van der Waals surface area contributed by atoms with Crippen LogP contribution in [0.2, 0.25) is 5.15 Å². The van der Waals surface area contributed by atoms with Crippen LogP contribution in [0.1, 0.15) is 55.7 Å². The van der Waals surface area contributed by atoms with Gasteiger partial charge in [0.25, 0.3) is 0 Å². The molecule has 2 N–H and O–H groups in total. The van der Waals surface area contributed by atoms with Gasteiger partial charge in [-0.1, -0.05) is 42.2 Å². The maximum absolute atomic E-state index is 12.2. The Balaban J connectivity index is 1.52. The van der Waals surface area contributed by atoms with Crippen LogP contribution in [0.3, 0.4) is 0 Å². The Bertz CT molecular complexity index is 603.